The van der Waals surface area contributed by atoms with E-state index in [1.54, 1.807) is 0 Å². The molecule has 1 aromatic carbocycles. The van der Waals surface area contributed by atoms with E-state index in [2.05, 4.69) is 48.8 Å². The van der Waals surface area contributed by atoms with Crippen LogP contribution in [0.2, 0.25) is 0 Å². The molecule has 1 heterocycles. The molecule has 1 nitrogen and oxygen atoms in total. The topological polar surface area (TPSA) is 12.0 Å². The predicted octanol–water partition coefficient (Wildman–Crippen LogP) is 4.08. The molecule has 1 aromatic heterocycles. The number of hydrogen-bond donors (Lipinski definition) is 1. The molecular formula is C15H21NS. The third kappa shape index (κ3) is 3.08. The summed E-state index contributed by atoms with van der Waals surface area (Å²) < 4.78 is 1.41. The smallest absolute Gasteiger partial charge is 0.0345 e. The molecular weight excluding hydrogens is 226 g/mol. The van der Waals surface area contributed by atoms with Gasteiger partial charge in [0.25, 0.3) is 0 Å². The molecule has 2 heteroatoms. The first-order valence-corrected chi connectivity index (χ1v) is 7.21. The monoisotopic (exact) mass is 247 g/mol. The number of benzene rings is 1. The summed E-state index contributed by atoms with van der Waals surface area (Å²) in [5, 5.41) is 7.09. The van der Waals surface area contributed by atoms with Crippen LogP contribution in [0.4, 0.5) is 0 Å². The summed E-state index contributed by atoms with van der Waals surface area (Å²) in [5.74, 6) is 0.732. The van der Waals surface area contributed by atoms with Crippen LogP contribution in [-0.2, 0) is 6.42 Å². The van der Waals surface area contributed by atoms with E-state index in [4.69, 9.17) is 0 Å². The lowest BCUT2D eigenvalue weighted by Gasteiger charge is -2.16. The zero-order valence-corrected chi connectivity index (χ0v) is 11.7. The van der Waals surface area contributed by atoms with Crippen molar-refractivity contribution in [2.45, 2.75) is 32.7 Å². The third-order valence-corrected chi connectivity index (χ3v) is 4.39. The molecule has 2 rings (SSSR count). The first-order chi connectivity index (χ1) is 8.20. The van der Waals surface area contributed by atoms with E-state index in [1.165, 1.54) is 28.5 Å². The zero-order valence-electron chi connectivity index (χ0n) is 10.9. The Bertz CT molecular complexity index is 474. The molecule has 0 aliphatic rings. The molecule has 2 atom stereocenters. The van der Waals surface area contributed by atoms with Gasteiger partial charge >= 0.3 is 0 Å². The second-order valence-corrected chi connectivity index (χ2v) is 5.90. The molecule has 0 bridgehead atoms. The van der Waals surface area contributed by atoms with E-state index in [0.717, 1.165) is 5.92 Å². The lowest BCUT2D eigenvalue weighted by Crippen LogP contribution is -2.24. The van der Waals surface area contributed by atoms with Gasteiger partial charge in [-0.2, -0.15) is 0 Å². The molecule has 0 aliphatic carbocycles. The maximum absolute atomic E-state index is 3.32. The summed E-state index contributed by atoms with van der Waals surface area (Å²) >= 11 is 1.86. The molecule has 0 aliphatic heterocycles. The van der Waals surface area contributed by atoms with Gasteiger partial charge in [-0.25, -0.2) is 0 Å². The Hall–Kier alpha value is -0.860. The summed E-state index contributed by atoms with van der Waals surface area (Å²) in [6.45, 7) is 4.60. The van der Waals surface area contributed by atoms with Crippen LogP contribution in [0.5, 0.6) is 0 Å². The van der Waals surface area contributed by atoms with E-state index >= 15 is 0 Å². The van der Waals surface area contributed by atoms with Gasteiger partial charge in [0.15, 0.2) is 0 Å². The van der Waals surface area contributed by atoms with Crippen molar-refractivity contribution in [3.63, 3.8) is 0 Å². The number of fused-ring (bicyclic) bond motifs is 1. The maximum Gasteiger partial charge on any atom is 0.0345 e. The normalized spacial score (nSPS) is 15.0. The molecule has 17 heavy (non-hydrogen) atoms. The number of nitrogens with one attached hydrogen (secondary N) is 1. The summed E-state index contributed by atoms with van der Waals surface area (Å²) in [6.07, 6.45) is 2.43. The van der Waals surface area contributed by atoms with Gasteiger partial charge in [0, 0.05) is 10.7 Å². The summed E-state index contributed by atoms with van der Waals surface area (Å²) in [5.41, 5.74) is 1.52. The average molecular weight is 247 g/mol. The Labute approximate surface area is 108 Å². The minimum atomic E-state index is 0.606. The predicted molar refractivity (Wildman–Crippen MR) is 77.8 cm³/mol. The van der Waals surface area contributed by atoms with Gasteiger partial charge in [0.1, 0.15) is 0 Å². The Morgan fingerprint density at radius 3 is 2.76 bits per heavy atom. The average Bonchev–Trinajstić information content (AvgIpc) is 2.72. The molecule has 0 saturated carbocycles. The van der Waals surface area contributed by atoms with Crippen LogP contribution in [0, 0.1) is 5.92 Å². The molecule has 92 valence electrons. The first kappa shape index (κ1) is 12.6. The van der Waals surface area contributed by atoms with Crippen LogP contribution in [0.15, 0.2) is 29.6 Å². The van der Waals surface area contributed by atoms with Crippen molar-refractivity contribution in [1.82, 2.24) is 5.32 Å². The fraction of sp³-hybridized carbons (Fsp3) is 0.467. The van der Waals surface area contributed by atoms with E-state index < -0.39 is 0 Å². The molecule has 0 amide bonds. The second kappa shape index (κ2) is 5.65. The van der Waals surface area contributed by atoms with Gasteiger partial charge in [0.2, 0.25) is 0 Å². The van der Waals surface area contributed by atoms with Crippen LogP contribution in [0.25, 0.3) is 10.1 Å². The van der Waals surface area contributed by atoms with Crippen LogP contribution in [-0.4, -0.2) is 13.1 Å². The molecule has 0 fully saturated rings. The molecule has 0 radical (unpaired) electrons. The summed E-state index contributed by atoms with van der Waals surface area (Å²) in [4.78, 5) is 0. The largest absolute Gasteiger partial charge is 0.317 e. The van der Waals surface area contributed by atoms with Crippen molar-refractivity contribution in [1.29, 1.82) is 0 Å². The standard InChI is InChI=1S/C15H21NS/c1-11(8-12(2)16-3)9-13-10-17-15-7-5-4-6-14(13)15/h4-7,10-12,16H,8-9H2,1-3H3. The Balaban J connectivity index is 2.08. The zero-order chi connectivity index (χ0) is 12.3. The molecule has 2 unspecified atom stereocenters. The highest BCUT2D eigenvalue weighted by molar-refractivity contribution is 7.17. The van der Waals surface area contributed by atoms with Crippen molar-refractivity contribution >= 4 is 21.4 Å². The van der Waals surface area contributed by atoms with E-state index in [-0.39, 0.29) is 0 Å². The Morgan fingerprint density at radius 1 is 1.24 bits per heavy atom. The summed E-state index contributed by atoms with van der Waals surface area (Å²) in [6, 6.07) is 9.32. The quantitative estimate of drug-likeness (QED) is 0.839. The minimum absolute atomic E-state index is 0.606. The van der Waals surface area contributed by atoms with Gasteiger partial charge in [-0.1, -0.05) is 25.1 Å². The van der Waals surface area contributed by atoms with Gasteiger partial charge < -0.3 is 5.32 Å². The lowest BCUT2D eigenvalue weighted by atomic mass is 9.95. The van der Waals surface area contributed by atoms with Crippen LogP contribution in [0.3, 0.4) is 0 Å². The van der Waals surface area contributed by atoms with Gasteiger partial charge in [-0.15, -0.1) is 11.3 Å². The van der Waals surface area contributed by atoms with Crippen molar-refractivity contribution < 1.29 is 0 Å². The SMILES string of the molecule is CNC(C)CC(C)Cc1csc2ccccc12. The first-order valence-electron chi connectivity index (χ1n) is 6.33. The summed E-state index contributed by atoms with van der Waals surface area (Å²) in [7, 11) is 2.04. The third-order valence-electron chi connectivity index (χ3n) is 3.38. The van der Waals surface area contributed by atoms with Crippen molar-refractivity contribution in [3.8, 4) is 0 Å². The lowest BCUT2D eigenvalue weighted by molar-refractivity contribution is 0.441. The fourth-order valence-corrected chi connectivity index (χ4v) is 3.35. The Kier molecular flexibility index (Phi) is 4.19. The van der Waals surface area contributed by atoms with E-state index in [1.807, 2.05) is 18.4 Å². The van der Waals surface area contributed by atoms with E-state index in [0.29, 0.717) is 6.04 Å². The van der Waals surface area contributed by atoms with Crippen LogP contribution < -0.4 is 5.32 Å². The molecule has 0 saturated heterocycles. The van der Waals surface area contributed by atoms with Crippen molar-refractivity contribution in [3.05, 3.63) is 35.2 Å². The maximum atomic E-state index is 3.32. The fourth-order valence-electron chi connectivity index (χ4n) is 2.37. The van der Waals surface area contributed by atoms with E-state index in [9.17, 15) is 0 Å². The number of thiophene rings is 1. The minimum Gasteiger partial charge on any atom is -0.317 e. The highest BCUT2D eigenvalue weighted by Crippen LogP contribution is 2.28. The molecule has 1 N–H and O–H groups in total. The molecule has 0 spiro atoms. The van der Waals surface area contributed by atoms with Gasteiger partial charge in [0.05, 0.1) is 0 Å². The Morgan fingerprint density at radius 2 is 2.00 bits per heavy atom. The number of hydrogen-bond acceptors (Lipinski definition) is 2. The van der Waals surface area contributed by atoms with Crippen LogP contribution in [0.1, 0.15) is 25.8 Å². The highest BCUT2D eigenvalue weighted by Gasteiger charge is 2.10. The molecule has 2 aromatic rings. The van der Waals surface area contributed by atoms with Crippen LogP contribution >= 0.6 is 11.3 Å². The van der Waals surface area contributed by atoms with Crippen molar-refractivity contribution in [2.75, 3.05) is 7.05 Å². The second-order valence-electron chi connectivity index (χ2n) is 4.99. The number of rotatable bonds is 5. The van der Waals surface area contributed by atoms with Gasteiger partial charge in [-0.05, 0) is 55.1 Å². The van der Waals surface area contributed by atoms with Gasteiger partial charge in [-0.3, -0.25) is 0 Å². The highest BCUT2D eigenvalue weighted by atomic mass is 32.1. The van der Waals surface area contributed by atoms with Crippen molar-refractivity contribution in [2.24, 2.45) is 5.92 Å².